The second-order valence-electron chi connectivity index (χ2n) is 4.53. The SMILES string of the molecule is COc1ccccc1OCCN(CC(N)=S)C(C)C. The van der Waals surface area contributed by atoms with Gasteiger partial charge in [-0.05, 0) is 26.0 Å². The van der Waals surface area contributed by atoms with E-state index in [0.717, 1.165) is 18.0 Å². The summed E-state index contributed by atoms with van der Waals surface area (Å²) in [5, 5.41) is 0. The van der Waals surface area contributed by atoms with Gasteiger partial charge in [0.25, 0.3) is 0 Å². The Bertz CT molecular complexity index is 410. The first-order chi connectivity index (χ1) is 9.04. The first kappa shape index (κ1) is 15.7. The molecule has 0 atom stereocenters. The predicted molar refractivity (Wildman–Crippen MR) is 82.0 cm³/mol. The molecule has 106 valence electrons. The highest BCUT2D eigenvalue weighted by atomic mass is 32.1. The number of benzene rings is 1. The second kappa shape index (κ2) is 7.96. The van der Waals surface area contributed by atoms with Gasteiger partial charge in [0.1, 0.15) is 6.61 Å². The predicted octanol–water partition coefficient (Wildman–Crippen LogP) is 2.07. The fraction of sp³-hybridized carbons (Fsp3) is 0.500. The van der Waals surface area contributed by atoms with Crippen LogP contribution in [0.5, 0.6) is 11.5 Å². The van der Waals surface area contributed by atoms with E-state index in [0.29, 0.717) is 24.2 Å². The van der Waals surface area contributed by atoms with Crippen molar-refractivity contribution in [1.82, 2.24) is 4.90 Å². The van der Waals surface area contributed by atoms with Crippen LogP contribution in [0, 0.1) is 0 Å². The molecule has 5 heteroatoms. The number of hydrogen-bond donors (Lipinski definition) is 1. The van der Waals surface area contributed by atoms with Gasteiger partial charge in [-0.25, -0.2) is 0 Å². The third-order valence-corrected chi connectivity index (χ3v) is 2.92. The molecule has 0 spiro atoms. The average Bonchev–Trinajstić information content (AvgIpc) is 2.37. The normalized spacial score (nSPS) is 10.8. The smallest absolute Gasteiger partial charge is 0.161 e. The van der Waals surface area contributed by atoms with Gasteiger partial charge in [0, 0.05) is 19.1 Å². The van der Waals surface area contributed by atoms with E-state index in [4.69, 9.17) is 27.4 Å². The van der Waals surface area contributed by atoms with Crippen molar-refractivity contribution in [3.8, 4) is 11.5 Å². The monoisotopic (exact) mass is 282 g/mol. The van der Waals surface area contributed by atoms with E-state index in [-0.39, 0.29) is 0 Å². The van der Waals surface area contributed by atoms with Gasteiger partial charge in [0.2, 0.25) is 0 Å². The molecule has 0 aromatic heterocycles. The van der Waals surface area contributed by atoms with Crippen molar-refractivity contribution in [3.05, 3.63) is 24.3 Å². The van der Waals surface area contributed by atoms with Crippen LogP contribution in [0.1, 0.15) is 13.8 Å². The minimum absolute atomic E-state index is 0.378. The van der Waals surface area contributed by atoms with Gasteiger partial charge in [-0.15, -0.1) is 0 Å². The fourth-order valence-corrected chi connectivity index (χ4v) is 1.90. The van der Waals surface area contributed by atoms with E-state index in [1.54, 1.807) is 7.11 Å². The van der Waals surface area contributed by atoms with Gasteiger partial charge >= 0.3 is 0 Å². The Kier molecular flexibility index (Phi) is 6.59. The molecule has 1 aromatic rings. The number of nitrogens with two attached hydrogens (primary N) is 1. The largest absolute Gasteiger partial charge is 0.493 e. The lowest BCUT2D eigenvalue weighted by Crippen LogP contribution is -2.40. The van der Waals surface area contributed by atoms with Crippen LogP contribution in [0.2, 0.25) is 0 Å². The van der Waals surface area contributed by atoms with Crippen LogP contribution >= 0.6 is 12.2 Å². The van der Waals surface area contributed by atoms with Crippen molar-refractivity contribution < 1.29 is 9.47 Å². The maximum atomic E-state index is 5.74. The van der Waals surface area contributed by atoms with Crippen LogP contribution in [0.25, 0.3) is 0 Å². The molecule has 1 rings (SSSR count). The molecule has 0 aliphatic carbocycles. The quantitative estimate of drug-likeness (QED) is 0.740. The Morgan fingerprint density at radius 2 is 1.95 bits per heavy atom. The summed E-state index contributed by atoms with van der Waals surface area (Å²) in [5.74, 6) is 1.50. The van der Waals surface area contributed by atoms with Crippen molar-refractivity contribution in [2.75, 3.05) is 26.8 Å². The zero-order chi connectivity index (χ0) is 14.3. The highest BCUT2D eigenvalue weighted by Crippen LogP contribution is 2.25. The van der Waals surface area contributed by atoms with Gasteiger partial charge in [-0.2, -0.15) is 0 Å². The summed E-state index contributed by atoms with van der Waals surface area (Å²) >= 11 is 4.95. The van der Waals surface area contributed by atoms with Crippen molar-refractivity contribution in [2.24, 2.45) is 5.73 Å². The zero-order valence-electron chi connectivity index (χ0n) is 11.8. The highest BCUT2D eigenvalue weighted by Gasteiger charge is 2.11. The van der Waals surface area contributed by atoms with Gasteiger partial charge in [0.15, 0.2) is 11.5 Å². The van der Waals surface area contributed by atoms with E-state index < -0.39 is 0 Å². The lowest BCUT2D eigenvalue weighted by atomic mass is 10.3. The summed E-state index contributed by atoms with van der Waals surface area (Å²) < 4.78 is 11.0. The summed E-state index contributed by atoms with van der Waals surface area (Å²) in [4.78, 5) is 2.68. The molecule has 1 aromatic carbocycles. The van der Waals surface area contributed by atoms with Crippen molar-refractivity contribution >= 4 is 17.2 Å². The molecule has 0 bridgehead atoms. The third kappa shape index (κ3) is 5.44. The van der Waals surface area contributed by atoms with Crippen LogP contribution in [-0.4, -0.2) is 42.7 Å². The molecule has 2 N–H and O–H groups in total. The molecule has 0 aliphatic heterocycles. The summed E-state index contributed by atoms with van der Waals surface area (Å²) in [6, 6.07) is 7.99. The number of para-hydroxylation sites is 2. The first-order valence-corrected chi connectivity index (χ1v) is 6.73. The zero-order valence-corrected chi connectivity index (χ0v) is 12.6. The van der Waals surface area contributed by atoms with Gasteiger partial charge < -0.3 is 15.2 Å². The van der Waals surface area contributed by atoms with Crippen LogP contribution in [0.3, 0.4) is 0 Å². The Morgan fingerprint density at radius 1 is 1.32 bits per heavy atom. The van der Waals surface area contributed by atoms with E-state index in [1.165, 1.54) is 0 Å². The number of methoxy groups -OCH3 is 1. The van der Waals surface area contributed by atoms with Crippen molar-refractivity contribution in [2.45, 2.75) is 19.9 Å². The Hall–Kier alpha value is -1.33. The fourth-order valence-electron chi connectivity index (χ4n) is 1.73. The molecule has 0 unspecified atom stereocenters. The molecular formula is C14H22N2O2S. The van der Waals surface area contributed by atoms with Gasteiger partial charge in [-0.1, -0.05) is 24.4 Å². The van der Waals surface area contributed by atoms with E-state index in [1.807, 2.05) is 24.3 Å². The highest BCUT2D eigenvalue weighted by molar-refractivity contribution is 7.80. The summed E-state index contributed by atoms with van der Waals surface area (Å²) in [5.41, 5.74) is 5.59. The molecule has 0 fully saturated rings. The summed E-state index contributed by atoms with van der Waals surface area (Å²) in [7, 11) is 1.63. The Balaban J connectivity index is 2.49. The number of thiocarbonyl (C=S) groups is 1. The number of nitrogens with zero attached hydrogens (tertiary/aromatic N) is 1. The lowest BCUT2D eigenvalue weighted by Gasteiger charge is -2.25. The van der Waals surface area contributed by atoms with Crippen LogP contribution < -0.4 is 15.2 Å². The molecule has 0 saturated carbocycles. The number of ether oxygens (including phenoxy) is 2. The third-order valence-electron chi connectivity index (χ3n) is 2.79. The molecule has 0 heterocycles. The standard InChI is InChI=1S/C14H22N2O2S/c1-11(2)16(10-14(15)19)8-9-18-13-7-5-4-6-12(13)17-3/h4-7,11H,8-10H2,1-3H3,(H2,15,19). The Labute approximate surface area is 120 Å². The van der Waals surface area contributed by atoms with Crippen molar-refractivity contribution in [1.29, 1.82) is 0 Å². The van der Waals surface area contributed by atoms with E-state index in [9.17, 15) is 0 Å². The summed E-state index contributed by atoms with van der Waals surface area (Å²) in [6.07, 6.45) is 0. The van der Waals surface area contributed by atoms with Gasteiger partial charge in [0.05, 0.1) is 12.1 Å². The van der Waals surface area contributed by atoms with Crippen LogP contribution in [0.15, 0.2) is 24.3 Å². The second-order valence-corrected chi connectivity index (χ2v) is 5.05. The lowest BCUT2D eigenvalue weighted by molar-refractivity contribution is 0.192. The molecule has 19 heavy (non-hydrogen) atoms. The molecule has 0 aliphatic rings. The molecular weight excluding hydrogens is 260 g/mol. The molecule has 0 amide bonds. The number of rotatable bonds is 8. The van der Waals surface area contributed by atoms with E-state index >= 15 is 0 Å². The average molecular weight is 282 g/mol. The first-order valence-electron chi connectivity index (χ1n) is 6.32. The van der Waals surface area contributed by atoms with Crippen LogP contribution in [0.4, 0.5) is 0 Å². The van der Waals surface area contributed by atoms with Gasteiger partial charge in [-0.3, -0.25) is 4.90 Å². The minimum atomic E-state index is 0.378. The molecule has 0 radical (unpaired) electrons. The molecule has 0 saturated heterocycles. The van der Waals surface area contributed by atoms with Crippen molar-refractivity contribution in [3.63, 3.8) is 0 Å². The topological polar surface area (TPSA) is 47.7 Å². The minimum Gasteiger partial charge on any atom is -0.493 e. The molecule has 4 nitrogen and oxygen atoms in total. The maximum Gasteiger partial charge on any atom is 0.161 e. The van der Waals surface area contributed by atoms with E-state index in [2.05, 4.69) is 18.7 Å². The summed E-state index contributed by atoms with van der Waals surface area (Å²) in [6.45, 7) is 6.18. The Morgan fingerprint density at radius 3 is 2.47 bits per heavy atom. The van der Waals surface area contributed by atoms with Crippen LogP contribution in [-0.2, 0) is 0 Å². The maximum absolute atomic E-state index is 5.74. The number of hydrogen-bond acceptors (Lipinski definition) is 4.